The highest BCUT2D eigenvalue weighted by Gasteiger charge is 2.15. The fourth-order valence-corrected chi connectivity index (χ4v) is 2.63. The van der Waals surface area contributed by atoms with Gasteiger partial charge in [-0.25, -0.2) is 4.79 Å². The van der Waals surface area contributed by atoms with Crippen LogP contribution in [0.4, 0.5) is 5.69 Å². The molecule has 0 bridgehead atoms. The van der Waals surface area contributed by atoms with E-state index in [4.69, 9.17) is 33.7 Å². The molecule has 136 valence electrons. The minimum absolute atomic E-state index is 0.0385. The number of phenols is 1. The van der Waals surface area contributed by atoms with Gasteiger partial charge in [-0.15, -0.1) is 0 Å². The minimum atomic E-state index is -1.28. The molecule has 0 radical (unpaired) electrons. The van der Waals surface area contributed by atoms with Crippen LogP contribution in [0.1, 0.15) is 26.3 Å². The van der Waals surface area contributed by atoms with Crippen LogP contribution in [0.5, 0.6) is 11.5 Å². The molecule has 0 saturated heterocycles. The Bertz CT molecular complexity index is 901. The van der Waals surface area contributed by atoms with Gasteiger partial charge in [0.1, 0.15) is 17.1 Å². The third-order valence-electron chi connectivity index (χ3n) is 3.43. The molecular weight excluding hydrogens is 380 g/mol. The van der Waals surface area contributed by atoms with E-state index in [9.17, 15) is 14.7 Å². The molecule has 0 atom stereocenters. The standard InChI is InChI=1S/C17H15ClN2O5S/c1-8-5-10(7-11(14(8)21)16(23)24)19-17(26)20-15(22)9-3-4-13(25-2)12(18)6-9/h3-7,21H,1-2H3,(H,23,24)(H2,19,20,22,26). The highest BCUT2D eigenvalue weighted by Crippen LogP contribution is 2.27. The number of rotatable bonds is 4. The number of ether oxygens (including phenoxy) is 1. The number of carbonyl (C=O) groups excluding carboxylic acids is 1. The summed E-state index contributed by atoms with van der Waals surface area (Å²) in [5.74, 6) is -1.67. The van der Waals surface area contributed by atoms with Crippen molar-refractivity contribution in [2.24, 2.45) is 0 Å². The van der Waals surface area contributed by atoms with Crippen LogP contribution in [0.15, 0.2) is 30.3 Å². The smallest absolute Gasteiger partial charge is 0.339 e. The van der Waals surface area contributed by atoms with Gasteiger partial charge < -0.3 is 20.3 Å². The number of hydrogen-bond donors (Lipinski definition) is 4. The Morgan fingerprint density at radius 1 is 1.23 bits per heavy atom. The lowest BCUT2D eigenvalue weighted by molar-refractivity contribution is 0.0693. The molecule has 1 amide bonds. The Labute approximate surface area is 159 Å². The molecule has 26 heavy (non-hydrogen) atoms. The largest absolute Gasteiger partial charge is 0.507 e. The summed E-state index contributed by atoms with van der Waals surface area (Å²) in [7, 11) is 1.46. The van der Waals surface area contributed by atoms with Crippen LogP contribution in [0.3, 0.4) is 0 Å². The number of nitrogens with one attached hydrogen (secondary N) is 2. The van der Waals surface area contributed by atoms with Gasteiger partial charge in [0.15, 0.2) is 5.11 Å². The number of aryl methyl sites for hydroxylation is 1. The zero-order valence-corrected chi connectivity index (χ0v) is 15.4. The number of carbonyl (C=O) groups is 2. The summed E-state index contributed by atoms with van der Waals surface area (Å²) in [4.78, 5) is 23.4. The van der Waals surface area contributed by atoms with Crippen molar-refractivity contribution in [1.29, 1.82) is 0 Å². The number of aromatic hydroxyl groups is 1. The Hall–Kier alpha value is -2.84. The molecule has 7 nitrogen and oxygen atoms in total. The molecular formula is C17H15ClN2O5S. The number of methoxy groups -OCH3 is 1. The molecule has 0 unspecified atom stereocenters. The van der Waals surface area contributed by atoms with Gasteiger partial charge >= 0.3 is 5.97 Å². The van der Waals surface area contributed by atoms with E-state index in [1.807, 2.05) is 0 Å². The first-order valence-corrected chi connectivity index (χ1v) is 8.04. The fraction of sp³-hybridized carbons (Fsp3) is 0.118. The second-order valence-corrected chi connectivity index (χ2v) is 6.07. The van der Waals surface area contributed by atoms with E-state index in [2.05, 4.69) is 10.6 Å². The molecule has 0 saturated carbocycles. The number of carboxylic acids is 1. The molecule has 4 N–H and O–H groups in total. The molecule has 9 heteroatoms. The van der Waals surface area contributed by atoms with Gasteiger partial charge in [0, 0.05) is 11.3 Å². The Morgan fingerprint density at radius 3 is 2.50 bits per heavy atom. The van der Waals surface area contributed by atoms with Gasteiger partial charge in [0.25, 0.3) is 5.91 Å². The van der Waals surface area contributed by atoms with E-state index in [0.717, 1.165) is 0 Å². The van der Waals surface area contributed by atoms with Crippen LogP contribution in [0, 0.1) is 6.92 Å². The van der Waals surface area contributed by atoms with Gasteiger partial charge in [0.2, 0.25) is 0 Å². The average Bonchev–Trinajstić information content (AvgIpc) is 2.57. The second-order valence-electron chi connectivity index (χ2n) is 5.25. The van der Waals surface area contributed by atoms with Gasteiger partial charge in [-0.3, -0.25) is 10.1 Å². The maximum absolute atomic E-state index is 12.2. The number of carboxylic acid groups (broad SMARTS) is 1. The summed E-state index contributed by atoms with van der Waals surface area (Å²) in [6, 6.07) is 7.23. The summed E-state index contributed by atoms with van der Waals surface area (Å²) in [6.45, 7) is 1.55. The lowest BCUT2D eigenvalue weighted by Gasteiger charge is -2.12. The van der Waals surface area contributed by atoms with E-state index in [0.29, 0.717) is 17.0 Å². The summed E-state index contributed by atoms with van der Waals surface area (Å²) in [6.07, 6.45) is 0. The third kappa shape index (κ3) is 4.41. The topological polar surface area (TPSA) is 108 Å². The number of halogens is 1. The van der Waals surface area contributed by atoms with E-state index < -0.39 is 11.9 Å². The summed E-state index contributed by atoms with van der Waals surface area (Å²) in [5.41, 5.74) is 0.663. The summed E-state index contributed by atoms with van der Waals surface area (Å²) < 4.78 is 5.02. The van der Waals surface area contributed by atoms with Crippen molar-refractivity contribution < 1.29 is 24.5 Å². The summed E-state index contributed by atoms with van der Waals surface area (Å²) >= 11 is 11.1. The number of aromatic carboxylic acids is 1. The highest BCUT2D eigenvalue weighted by atomic mass is 35.5. The second kappa shape index (κ2) is 8.03. The van der Waals surface area contributed by atoms with Crippen LogP contribution in [0.2, 0.25) is 5.02 Å². The van der Waals surface area contributed by atoms with Crippen molar-refractivity contribution in [1.82, 2.24) is 5.32 Å². The molecule has 0 aliphatic carbocycles. The van der Waals surface area contributed by atoms with Crippen molar-refractivity contribution in [2.75, 3.05) is 12.4 Å². The number of thiocarbonyl (C=S) groups is 1. The molecule has 0 aromatic heterocycles. The Morgan fingerprint density at radius 2 is 1.92 bits per heavy atom. The Balaban J connectivity index is 2.12. The van der Waals surface area contributed by atoms with Crippen LogP contribution >= 0.6 is 23.8 Å². The normalized spacial score (nSPS) is 10.1. The maximum atomic E-state index is 12.2. The molecule has 0 aliphatic heterocycles. The predicted molar refractivity (Wildman–Crippen MR) is 101 cm³/mol. The minimum Gasteiger partial charge on any atom is -0.507 e. The summed E-state index contributed by atoms with van der Waals surface area (Å²) in [5, 5.41) is 24.3. The monoisotopic (exact) mass is 394 g/mol. The SMILES string of the molecule is COc1ccc(C(=O)NC(=S)Nc2cc(C)c(O)c(C(=O)O)c2)cc1Cl. The molecule has 0 heterocycles. The van der Waals surface area contributed by atoms with Crippen molar-refractivity contribution >= 4 is 46.5 Å². The van der Waals surface area contributed by atoms with E-state index >= 15 is 0 Å². The maximum Gasteiger partial charge on any atom is 0.339 e. The first kappa shape index (κ1) is 19.5. The third-order valence-corrected chi connectivity index (χ3v) is 3.93. The zero-order chi connectivity index (χ0) is 19.4. The van der Waals surface area contributed by atoms with Crippen LogP contribution in [-0.4, -0.2) is 34.3 Å². The quantitative estimate of drug-likeness (QED) is 0.466. The first-order chi connectivity index (χ1) is 12.2. The van der Waals surface area contributed by atoms with Crippen LogP contribution in [-0.2, 0) is 0 Å². The highest BCUT2D eigenvalue weighted by molar-refractivity contribution is 7.80. The van der Waals surface area contributed by atoms with E-state index in [1.54, 1.807) is 13.0 Å². The van der Waals surface area contributed by atoms with Crippen molar-refractivity contribution in [3.05, 3.63) is 52.0 Å². The van der Waals surface area contributed by atoms with E-state index in [1.165, 1.54) is 31.4 Å². The van der Waals surface area contributed by atoms with Gasteiger partial charge in [-0.2, -0.15) is 0 Å². The van der Waals surface area contributed by atoms with Gasteiger partial charge in [0.05, 0.1) is 12.1 Å². The molecule has 2 aromatic rings. The van der Waals surface area contributed by atoms with Crippen LogP contribution < -0.4 is 15.4 Å². The number of hydrogen-bond acceptors (Lipinski definition) is 5. The molecule has 0 fully saturated rings. The fourth-order valence-electron chi connectivity index (χ4n) is 2.16. The molecule has 0 spiro atoms. The van der Waals surface area contributed by atoms with E-state index in [-0.39, 0.29) is 27.0 Å². The molecule has 0 aliphatic rings. The lowest BCUT2D eigenvalue weighted by Crippen LogP contribution is -2.34. The van der Waals surface area contributed by atoms with Crippen molar-refractivity contribution in [3.8, 4) is 11.5 Å². The molecule has 2 aromatic carbocycles. The van der Waals surface area contributed by atoms with Crippen molar-refractivity contribution in [3.63, 3.8) is 0 Å². The molecule has 2 rings (SSSR count). The number of amides is 1. The first-order valence-electron chi connectivity index (χ1n) is 7.25. The van der Waals surface area contributed by atoms with Gasteiger partial charge in [-0.1, -0.05) is 11.6 Å². The zero-order valence-electron chi connectivity index (χ0n) is 13.8. The lowest BCUT2D eigenvalue weighted by atomic mass is 10.1. The average molecular weight is 395 g/mol. The van der Waals surface area contributed by atoms with Crippen molar-refractivity contribution in [2.45, 2.75) is 6.92 Å². The predicted octanol–water partition coefficient (Wildman–Crippen LogP) is 3.19. The van der Waals surface area contributed by atoms with Crippen LogP contribution in [0.25, 0.3) is 0 Å². The number of anilines is 1. The Kier molecular flexibility index (Phi) is 6.01. The van der Waals surface area contributed by atoms with Gasteiger partial charge in [-0.05, 0) is 55.0 Å². The number of benzene rings is 2.